The normalized spacial score (nSPS) is 10.8. The molecule has 21 rings (SSSR count). The zero-order valence-electron chi connectivity index (χ0n) is 67.4. The van der Waals surface area contributed by atoms with Crippen LogP contribution in [0.25, 0.3) is 169 Å². The molecular formula is C112H66N14. The van der Waals surface area contributed by atoms with Crippen LogP contribution in [0.3, 0.4) is 0 Å². The van der Waals surface area contributed by atoms with Gasteiger partial charge in [0, 0.05) is 34.1 Å². The summed E-state index contributed by atoms with van der Waals surface area (Å²) in [4.78, 5) is 39.0. The number of hydrogen-bond donors (Lipinski definition) is 0. The highest BCUT2D eigenvalue weighted by Crippen LogP contribution is 2.47. The molecule has 0 aliphatic carbocycles. The summed E-state index contributed by atoms with van der Waals surface area (Å²) in [6.45, 7) is 21.7. The third kappa shape index (κ3) is 15.2. The average molecular weight is 1610 g/mol. The van der Waals surface area contributed by atoms with E-state index in [-0.39, 0.29) is 67.6 Å². The van der Waals surface area contributed by atoms with E-state index in [2.05, 4.69) is 455 Å². The molecule has 21 aromatic rings. The van der Waals surface area contributed by atoms with E-state index in [9.17, 15) is 15.8 Å². The molecule has 0 fully saturated rings. The molecule has 584 valence electrons. The zero-order valence-corrected chi connectivity index (χ0v) is 67.4. The molecule has 0 saturated carbocycles. The summed E-state index contributed by atoms with van der Waals surface area (Å²) in [6, 6.07) is 149. The lowest BCUT2D eigenvalue weighted by Crippen LogP contribution is -2.10. The molecule has 0 aliphatic rings. The quantitative estimate of drug-likeness (QED) is 0.0612. The van der Waals surface area contributed by atoms with Gasteiger partial charge < -0.3 is 24.3 Å². The summed E-state index contributed by atoms with van der Waals surface area (Å²) < 4.78 is 0. The molecule has 0 aliphatic heterocycles. The molecule has 0 saturated heterocycles. The molecule has 18 aromatic carbocycles. The fourth-order valence-electron chi connectivity index (χ4n) is 16.4. The lowest BCUT2D eigenvalue weighted by Gasteiger charge is -2.27. The summed E-state index contributed by atoms with van der Waals surface area (Å²) in [5.41, 5.74) is 22.8. The number of rotatable bonds is 13. The van der Waals surface area contributed by atoms with Gasteiger partial charge in [-0.05, 0) is 206 Å². The molecule has 126 heavy (non-hydrogen) atoms. The first-order valence-corrected chi connectivity index (χ1v) is 40.6. The summed E-state index contributed by atoms with van der Waals surface area (Å²) in [6.07, 6.45) is 0. The monoisotopic (exact) mass is 1610 g/mol. The maximum absolute atomic E-state index is 9.30. The fourth-order valence-corrected chi connectivity index (χ4v) is 16.4. The van der Waals surface area contributed by atoms with Crippen molar-refractivity contribution >= 4 is 128 Å². The molecule has 0 bridgehead atoms. The van der Waals surface area contributed by atoms with Crippen LogP contribution in [0.4, 0.5) is 51.6 Å². The third-order valence-corrected chi connectivity index (χ3v) is 22.5. The standard InChI is InChI=1S/C60H44N2.C34H22.C18N12/c1-5-13-45(14-6-1)49-21-33-55(34-22-49)61(56-35-23-50(24-36-56)46-15-7-2-8-16-46)59-41-29-53(30-42-59)54-31-43-60(44-32-54)62(57-37-25-51(26-38-57)47-17-9-3-10-18-47)58-39-27-52(28-40-58)48-19-11-4-12-20-48;1-3-11-25-21-27(19-17-23(25)9-1)33-29-13-5-7-15-31(29)34(32-16-8-6-14-30(32)33)28-20-18-24-10-2-4-12-26(24)22-28;1-22-16-9(6-21)27-12-10-11(26-8(5-20)7(4-19)25-10)14-15(13(12)28-16)30-18(24-3)17(23-2)29-14/h1-44H;1-22H;. The van der Waals surface area contributed by atoms with Crippen LogP contribution in [0.5, 0.6) is 0 Å². The van der Waals surface area contributed by atoms with Crippen LogP contribution in [0.2, 0.25) is 0 Å². The van der Waals surface area contributed by atoms with Crippen molar-refractivity contribution in [2.24, 2.45) is 0 Å². The highest BCUT2D eigenvalue weighted by Gasteiger charge is 2.29. The summed E-state index contributed by atoms with van der Waals surface area (Å²) >= 11 is 0. The number of aromatic nitrogens is 6. The molecule has 3 heterocycles. The van der Waals surface area contributed by atoms with Crippen molar-refractivity contribution in [3.63, 3.8) is 0 Å². The summed E-state index contributed by atoms with van der Waals surface area (Å²) in [5.74, 6) is -0.890. The fraction of sp³-hybridized carbons (Fsp3) is 0. The number of nitriles is 3. The molecule has 0 unspecified atom stereocenters. The summed E-state index contributed by atoms with van der Waals surface area (Å²) in [7, 11) is 0. The third-order valence-electron chi connectivity index (χ3n) is 22.5. The van der Waals surface area contributed by atoms with E-state index in [0.717, 1.165) is 45.3 Å². The molecule has 14 heteroatoms. The number of anilines is 6. The second-order valence-corrected chi connectivity index (χ2v) is 29.8. The Morgan fingerprint density at radius 2 is 0.405 bits per heavy atom. The zero-order chi connectivity index (χ0) is 85.4. The maximum atomic E-state index is 9.30. The van der Waals surface area contributed by atoms with Crippen LogP contribution in [0, 0.1) is 53.7 Å². The highest BCUT2D eigenvalue weighted by atomic mass is 15.1. The van der Waals surface area contributed by atoms with Gasteiger partial charge in [0.05, 0.1) is 0 Å². The Morgan fingerprint density at radius 1 is 0.198 bits per heavy atom. The Labute approximate surface area is 726 Å². The second-order valence-electron chi connectivity index (χ2n) is 29.8. The molecule has 0 N–H and O–H groups in total. The van der Waals surface area contributed by atoms with Gasteiger partial charge in [0.1, 0.15) is 34.8 Å². The topological polar surface area (TPSA) is 168 Å². The molecule has 0 atom stereocenters. The average Bonchev–Trinajstić information content (AvgIpc) is 0.727. The van der Waals surface area contributed by atoms with Gasteiger partial charge in [-0.15, -0.1) is 15.0 Å². The first-order chi connectivity index (χ1) is 62.2. The van der Waals surface area contributed by atoms with E-state index in [0.29, 0.717) is 0 Å². The van der Waals surface area contributed by atoms with Crippen molar-refractivity contribution in [2.45, 2.75) is 0 Å². The predicted molar refractivity (Wildman–Crippen MR) is 509 cm³/mol. The Morgan fingerprint density at radius 3 is 0.659 bits per heavy atom. The van der Waals surface area contributed by atoms with Crippen molar-refractivity contribution in [3.8, 4) is 96.1 Å². The van der Waals surface area contributed by atoms with Gasteiger partial charge in [0.25, 0.3) is 17.2 Å². The maximum Gasteiger partial charge on any atom is 0.307 e. The van der Waals surface area contributed by atoms with E-state index < -0.39 is 0 Å². The predicted octanol–water partition coefficient (Wildman–Crippen LogP) is 29.4. The van der Waals surface area contributed by atoms with Crippen molar-refractivity contribution in [1.82, 2.24) is 29.9 Å². The molecular weight excluding hydrogens is 1540 g/mol. The van der Waals surface area contributed by atoms with Crippen molar-refractivity contribution in [1.29, 1.82) is 15.8 Å². The van der Waals surface area contributed by atoms with Gasteiger partial charge in [-0.25, -0.2) is 15.0 Å². The minimum atomic E-state index is -0.298. The van der Waals surface area contributed by atoms with Gasteiger partial charge in [-0.2, -0.15) is 15.8 Å². The van der Waals surface area contributed by atoms with E-state index in [1.54, 1.807) is 18.2 Å². The van der Waals surface area contributed by atoms with E-state index in [1.165, 1.54) is 110 Å². The largest absolute Gasteiger partial charge is 0.370 e. The Kier molecular flexibility index (Phi) is 21.2. The van der Waals surface area contributed by atoms with Gasteiger partial charge >= 0.3 is 5.82 Å². The first kappa shape index (κ1) is 77.5. The lowest BCUT2D eigenvalue weighted by molar-refractivity contribution is 1.19. The molecule has 14 nitrogen and oxygen atoms in total. The lowest BCUT2D eigenvalue weighted by atomic mass is 9.85. The van der Waals surface area contributed by atoms with Gasteiger partial charge in [0.15, 0.2) is 17.1 Å². The minimum absolute atomic E-state index is 0.000622. The molecule has 0 spiro atoms. The molecule has 0 radical (unpaired) electrons. The number of hydrogen-bond acceptors (Lipinski definition) is 11. The van der Waals surface area contributed by atoms with Crippen LogP contribution in [-0.2, 0) is 0 Å². The van der Waals surface area contributed by atoms with Crippen molar-refractivity contribution in [3.05, 3.63) is 452 Å². The molecule has 0 amide bonds. The Bertz CT molecular complexity index is 7110. The SMILES string of the molecule is [C-]#[N+]c1nc2c(nc1C#N)c1nc(C#N)c(C#N)nc1c1nc([N+]#[C-])c([N+]#[C-])nc21.c1ccc(-c2ccc(N(c3ccc(-c4ccccc4)cc3)c3ccc(-c4ccc(N(c5ccc(-c6ccccc6)cc5)c5ccc(-c6ccccc6)cc5)cc4)cc3)cc2)cc1.c1ccc2cc(-c3c4ccccc4c(-c4ccc5ccccc5c4)c4ccccc34)ccc2c1. The van der Waals surface area contributed by atoms with Crippen LogP contribution in [0.1, 0.15) is 17.1 Å². The van der Waals surface area contributed by atoms with E-state index in [4.69, 9.17) is 19.7 Å². The number of benzene rings is 18. The van der Waals surface area contributed by atoms with Crippen molar-refractivity contribution < 1.29 is 0 Å². The van der Waals surface area contributed by atoms with Crippen LogP contribution < -0.4 is 9.80 Å². The number of nitrogens with zero attached hydrogens (tertiary/aromatic N) is 14. The van der Waals surface area contributed by atoms with Crippen LogP contribution in [0.15, 0.2) is 400 Å². The smallest absolute Gasteiger partial charge is 0.307 e. The van der Waals surface area contributed by atoms with Gasteiger partial charge in [-0.1, -0.05) is 335 Å². The Balaban J connectivity index is 0.000000136. The Hall–Kier alpha value is -18.4. The van der Waals surface area contributed by atoms with Crippen LogP contribution in [-0.4, -0.2) is 29.9 Å². The van der Waals surface area contributed by atoms with Crippen molar-refractivity contribution in [2.75, 3.05) is 9.80 Å². The van der Waals surface area contributed by atoms with Gasteiger partial charge in [0.2, 0.25) is 11.0 Å². The van der Waals surface area contributed by atoms with E-state index >= 15 is 0 Å². The number of fused-ring (bicyclic) bond motifs is 10. The van der Waals surface area contributed by atoms with E-state index in [1.807, 2.05) is 0 Å². The second kappa shape index (κ2) is 34.5. The molecule has 3 aromatic heterocycles. The minimum Gasteiger partial charge on any atom is -0.370 e. The summed E-state index contributed by atoms with van der Waals surface area (Å²) in [5, 5.41) is 38.1. The first-order valence-electron chi connectivity index (χ1n) is 40.6. The van der Waals surface area contributed by atoms with Crippen LogP contribution >= 0.6 is 0 Å². The highest BCUT2D eigenvalue weighted by molar-refractivity contribution is 6.23. The van der Waals surface area contributed by atoms with Gasteiger partial charge in [-0.3, -0.25) is 0 Å².